The highest BCUT2D eigenvalue weighted by atomic mass is 32.2. The van der Waals surface area contributed by atoms with Crippen LogP contribution in [-0.2, 0) is 23.0 Å². The van der Waals surface area contributed by atoms with E-state index in [0.29, 0.717) is 29.7 Å². The van der Waals surface area contributed by atoms with Crippen molar-refractivity contribution in [3.05, 3.63) is 30.1 Å². The van der Waals surface area contributed by atoms with E-state index in [1.165, 1.54) is 6.26 Å². The zero-order valence-corrected chi connectivity index (χ0v) is 13.1. The van der Waals surface area contributed by atoms with Gasteiger partial charge in [0.05, 0.1) is 4.90 Å². The molecule has 2 rings (SSSR count). The maximum atomic E-state index is 11.7. The van der Waals surface area contributed by atoms with E-state index < -0.39 is 9.84 Å². The van der Waals surface area contributed by atoms with Crippen molar-refractivity contribution in [1.29, 1.82) is 0 Å². The summed E-state index contributed by atoms with van der Waals surface area (Å²) >= 11 is 0. The Morgan fingerprint density at radius 1 is 1.29 bits per heavy atom. The van der Waals surface area contributed by atoms with Crippen LogP contribution in [0.25, 0.3) is 11.4 Å². The fraction of sp³-hybridized carbons (Fsp3) is 0.429. The number of sulfone groups is 1. The molecule has 21 heavy (non-hydrogen) atoms. The van der Waals surface area contributed by atoms with Crippen molar-refractivity contribution in [2.75, 3.05) is 6.26 Å². The molecule has 0 spiro atoms. The second-order valence-corrected chi connectivity index (χ2v) is 7.42. The van der Waals surface area contributed by atoms with Crippen LogP contribution in [0.3, 0.4) is 0 Å². The van der Waals surface area contributed by atoms with Gasteiger partial charge < -0.3 is 9.67 Å². The van der Waals surface area contributed by atoms with E-state index in [-0.39, 0.29) is 11.5 Å². The molecule has 0 atom stereocenters. The summed E-state index contributed by atoms with van der Waals surface area (Å²) in [6.07, 6.45) is 1.17. The molecule has 7 heteroatoms. The number of hydrogen-bond acceptors (Lipinski definition) is 5. The van der Waals surface area contributed by atoms with Gasteiger partial charge in [0.2, 0.25) is 0 Å². The summed E-state index contributed by atoms with van der Waals surface area (Å²) in [6.45, 7) is 4.56. The Hall–Kier alpha value is -1.73. The minimum absolute atomic E-state index is 0.203. The Bertz CT molecular complexity index is 736. The van der Waals surface area contributed by atoms with Gasteiger partial charge in [-0.05, 0) is 18.1 Å². The van der Waals surface area contributed by atoms with Gasteiger partial charge in [-0.15, -0.1) is 10.2 Å². The molecule has 1 N–H and O–H groups in total. The first-order valence-electron chi connectivity index (χ1n) is 6.66. The standard InChI is InChI=1S/C14H19N3O3S/c1-10(2)8-17-13(9-18)15-16-14(17)11-5-4-6-12(7-11)21(3,19)20/h4-7,10,18H,8-9H2,1-3H3. The van der Waals surface area contributed by atoms with Gasteiger partial charge in [0.25, 0.3) is 0 Å². The molecule has 0 radical (unpaired) electrons. The first-order valence-corrected chi connectivity index (χ1v) is 8.55. The highest BCUT2D eigenvalue weighted by Crippen LogP contribution is 2.23. The third kappa shape index (κ3) is 3.48. The van der Waals surface area contributed by atoms with Gasteiger partial charge in [-0.2, -0.15) is 0 Å². The molecule has 0 aliphatic carbocycles. The summed E-state index contributed by atoms with van der Waals surface area (Å²) in [5.41, 5.74) is 0.672. The van der Waals surface area contributed by atoms with Crippen molar-refractivity contribution in [2.24, 2.45) is 5.92 Å². The summed E-state index contributed by atoms with van der Waals surface area (Å²) in [4.78, 5) is 0.240. The van der Waals surface area contributed by atoms with Gasteiger partial charge in [-0.25, -0.2) is 8.42 Å². The number of hydrogen-bond donors (Lipinski definition) is 1. The summed E-state index contributed by atoms with van der Waals surface area (Å²) in [6, 6.07) is 6.60. The maximum Gasteiger partial charge on any atom is 0.175 e. The molecule has 1 heterocycles. The highest BCUT2D eigenvalue weighted by molar-refractivity contribution is 7.90. The third-order valence-corrected chi connectivity index (χ3v) is 4.15. The summed E-state index contributed by atoms with van der Waals surface area (Å²) in [7, 11) is -3.27. The van der Waals surface area contributed by atoms with Crippen LogP contribution in [0.2, 0.25) is 0 Å². The Morgan fingerprint density at radius 3 is 2.57 bits per heavy atom. The zero-order valence-electron chi connectivity index (χ0n) is 12.3. The molecule has 0 bridgehead atoms. The average molecular weight is 309 g/mol. The van der Waals surface area contributed by atoms with Gasteiger partial charge in [-0.1, -0.05) is 26.0 Å². The van der Waals surface area contributed by atoms with Crippen LogP contribution in [-0.4, -0.2) is 34.5 Å². The second-order valence-electron chi connectivity index (χ2n) is 5.40. The molecular formula is C14H19N3O3S. The fourth-order valence-electron chi connectivity index (χ4n) is 2.09. The lowest BCUT2D eigenvalue weighted by molar-refractivity contribution is 0.262. The van der Waals surface area contributed by atoms with Crippen LogP contribution in [0.1, 0.15) is 19.7 Å². The van der Waals surface area contributed by atoms with E-state index in [2.05, 4.69) is 24.0 Å². The lowest BCUT2D eigenvalue weighted by atomic mass is 10.2. The molecule has 6 nitrogen and oxygen atoms in total. The Balaban J connectivity index is 2.54. The van der Waals surface area contributed by atoms with Crippen molar-refractivity contribution >= 4 is 9.84 Å². The quantitative estimate of drug-likeness (QED) is 0.904. The smallest absolute Gasteiger partial charge is 0.175 e. The summed E-state index contributed by atoms with van der Waals surface area (Å²) in [5.74, 6) is 1.39. The molecule has 114 valence electrons. The first kappa shape index (κ1) is 15.7. The van der Waals surface area contributed by atoms with E-state index >= 15 is 0 Å². The van der Waals surface area contributed by atoms with E-state index in [1.807, 2.05) is 4.57 Å². The third-order valence-electron chi connectivity index (χ3n) is 3.04. The Kier molecular flexibility index (Phi) is 4.43. The maximum absolute atomic E-state index is 11.7. The topological polar surface area (TPSA) is 85.1 Å². The van der Waals surface area contributed by atoms with Crippen molar-refractivity contribution in [3.63, 3.8) is 0 Å². The number of aliphatic hydroxyl groups is 1. The van der Waals surface area contributed by atoms with Crippen LogP contribution in [0.15, 0.2) is 29.2 Å². The molecule has 0 fully saturated rings. The van der Waals surface area contributed by atoms with Crippen molar-refractivity contribution in [3.8, 4) is 11.4 Å². The van der Waals surface area contributed by atoms with E-state index in [9.17, 15) is 13.5 Å². The molecule has 0 saturated carbocycles. The monoisotopic (exact) mass is 309 g/mol. The average Bonchev–Trinajstić information content (AvgIpc) is 2.80. The van der Waals surface area contributed by atoms with Crippen molar-refractivity contribution in [2.45, 2.75) is 31.9 Å². The van der Waals surface area contributed by atoms with E-state index in [4.69, 9.17) is 0 Å². The van der Waals surface area contributed by atoms with Gasteiger partial charge in [0.15, 0.2) is 21.5 Å². The largest absolute Gasteiger partial charge is 0.388 e. The predicted octanol–water partition coefficient (Wildman–Crippen LogP) is 1.50. The normalized spacial score (nSPS) is 12.0. The summed E-state index contributed by atoms with van der Waals surface area (Å²) < 4.78 is 25.1. The van der Waals surface area contributed by atoms with Crippen molar-refractivity contribution < 1.29 is 13.5 Å². The molecule has 0 saturated heterocycles. The molecule has 1 aromatic heterocycles. The van der Waals surface area contributed by atoms with E-state index in [1.54, 1.807) is 24.3 Å². The number of rotatable bonds is 5. The zero-order chi connectivity index (χ0) is 15.6. The lowest BCUT2D eigenvalue weighted by Crippen LogP contribution is -2.10. The minimum atomic E-state index is -3.27. The number of aromatic nitrogens is 3. The van der Waals surface area contributed by atoms with Gasteiger partial charge in [0, 0.05) is 18.4 Å². The van der Waals surface area contributed by atoms with Gasteiger partial charge >= 0.3 is 0 Å². The van der Waals surface area contributed by atoms with Gasteiger partial charge in [-0.3, -0.25) is 0 Å². The predicted molar refractivity (Wildman–Crippen MR) is 79.3 cm³/mol. The molecule has 0 amide bonds. The Morgan fingerprint density at radius 2 is 2.00 bits per heavy atom. The minimum Gasteiger partial charge on any atom is -0.388 e. The second kappa shape index (κ2) is 5.95. The lowest BCUT2D eigenvalue weighted by Gasteiger charge is -2.12. The Labute approximate surface area is 124 Å². The van der Waals surface area contributed by atoms with Crippen LogP contribution in [0.4, 0.5) is 0 Å². The number of nitrogens with zero attached hydrogens (tertiary/aromatic N) is 3. The van der Waals surface area contributed by atoms with Crippen LogP contribution in [0, 0.1) is 5.92 Å². The fourth-order valence-corrected chi connectivity index (χ4v) is 2.76. The number of benzene rings is 1. The molecule has 0 aliphatic heterocycles. The van der Waals surface area contributed by atoms with E-state index in [0.717, 1.165) is 0 Å². The van der Waals surface area contributed by atoms with Gasteiger partial charge in [0.1, 0.15) is 6.61 Å². The van der Waals surface area contributed by atoms with Crippen LogP contribution >= 0.6 is 0 Å². The first-order chi connectivity index (χ1) is 9.82. The SMILES string of the molecule is CC(C)Cn1c(CO)nnc1-c1cccc(S(C)(=O)=O)c1. The molecule has 1 aromatic carbocycles. The molecule has 2 aromatic rings. The highest BCUT2D eigenvalue weighted by Gasteiger charge is 2.16. The molecule has 0 aliphatic rings. The van der Waals surface area contributed by atoms with Crippen LogP contribution < -0.4 is 0 Å². The molecular weight excluding hydrogens is 290 g/mol. The van der Waals surface area contributed by atoms with Crippen molar-refractivity contribution in [1.82, 2.24) is 14.8 Å². The number of aliphatic hydroxyl groups excluding tert-OH is 1. The van der Waals surface area contributed by atoms with Crippen LogP contribution in [0.5, 0.6) is 0 Å². The summed E-state index contributed by atoms with van der Waals surface area (Å²) in [5, 5.41) is 17.4. The molecule has 0 unspecified atom stereocenters.